The Morgan fingerprint density at radius 1 is 0.762 bits per heavy atom. The number of rotatable bonds is 4. The predicted molar refractivity (Wildman–Crippen MR) is 169 cm³/mol. The van der Waals surface area contributed by atoms with E-state index in [4.69, 9.17) is 4.98 Å². The minimum atomic E-state index is 0.278. The van der Waals surface area contributed by atoms with E-state index in [2.05, 4.69) is 118 Å². The molecule has 0 bridgehead atoms. The first-order valence-corrected chi connectivity index (χ1v) is 14.8. The lowest BCUT2D eigenvalue weighted by molar-refractivity contribution is 0.215. The van der Waals surface area contributed by atoms with Crippen molar-refractivity contribution < 1.29 is 0 Å². The van der Waals surface area contributed by atoms with Gasteiger partial charge >= 0.3 is 0 Å². The van der Waals surface area contributed by atoms with Gasteiger partial charge in [-0.25, -0.2) is 4.98 Å². The monoisotopic (exact) mass is 545 g/mol. The number of para-hydroxylation sites is 2. The average molecular weight is 546 g/mol. The first kappa shape index (κ1) is 24.8. The Kier molecular flexibility index (Phi) is 5.84. The van der Waals surface area contributed by atoms with Crippen LogP contribution in [0.15, 0.2) is 103 Å². The van der Waals surface area contributed by atoms with Crippen LogP contribution >= 0.6 is 0 Å². The van der Waals surface area contributed by atoms with E-state index in [1.165, 1.54) is 39.2 Å². The highest BCUT2D eigenvalue weighted by molar-refractivity contribution is 5.86. The fourth-order valence-corrected chi connectivity index (χ4v) is 7.22. The standard InChI is InChI=1S/C37H31N5/c1-25-31(23-26-11-3-2-4-12-26)37(42-34-18-10-9-17-33(34)39-36(42)32(25)24-38)41-21-19-40(20-22-41)35-29-15-7-5-13-27(29)28-14-6-8-16-30(28)35/h2-18,35H,19-23H2,1H3. The second-order valence-electron chi connectivity index (χ2n) is 11.4. The SMILES string of the molecule is Cc1c(Cc2ccccc2)c(N2CCN(C3c4ccccc4-c4ccccc43)CC2)n2c(nc3ccccc32)c1C#N. The number of hydrogen-bond donors (Lipinski definition) is 0. The van der Waals surface area contributed by atoms with Gasteiger partial charge < -0.3 is 4.90 Å². The van der Waals surface area contributed by atoms with Gasteiger partial charge in [0.15, 0.2) is 5.65 Å². The third-order valence-corrected chi connectivity index (χ3v) is 9.21. The van der Waals surface area contributed by atoms with Gasteiger partial charge in [-0.3, -0.25) is 9.30 Å². The molecule has 4 aromatic carbocycles. The average Bonchev–Trinajstić information content (AvgIpc) is 3.58. The van der Waals surface area contributed by atoms with Crippen molar-refractivity contribution in [3.63, 3.8) is 0 Å². The molecular formula is C37H31N5. The minimum Gasteiger partial charge on any atom is -0.355 e. The summed E-state index contributed by atoms with van der Waals surface area (Å²) >= 11 is 0. The number of piperazine rings is 1. The van der Waals surface area contributed by atoms with Gasteiger partial charge in [-0.15, -0.1) is 0 Å². The maximum Gasteiger partial charge on any atom is 0.157 e. The van der Waals surface area contributed by atoms with Crippen molar-refractivity contribution >= 4 is 22.5 Å². The molecule has 0 saturated carbocycles. The van der Waals surface area contributed by atoms with Crippen LogP contribution in [0.1, 0.15) is 39.4 Å². The van der Waals surface area contributed by atoms with Crippen LogP contribution in [0, 0.1) is 18.3 Å². The second-order valence-corrected chi connectivity index (χ2v) is 11.4. The van der Waals surface area contributed by atoms with E-state index in [-0.39, 0.29) is 6.04 Å². The van der Waals surface area contributed by atoms with Gasteiger partial charge in [-0.1, -0.05) is 91.0 Å². The van der Waals surface area contributed by atoms with Crippen LogP contribution in [0.5, 0.6) is 0 Å². The summed E-state index contributed by atoms with van der Waals surface area (Å²) in [5.74, 6) is 1.17. The molecule has 0 radical (unpaired) electrons. The zero-order valence-corrected chi connectivity index (χ0v) is 23.7. The number of benzene rings is 4. The highest BCUT2D eigenvalue weighted by atomic mass is 15.3. The van der Waals surface area contributed by atoms with Crippen molar-refractivity contribution in [3.8, 4) is 17.2 Å². The number of aromatic nitrogens is 2. The van der Waals surface area contributed by atoms with Crippen LogP contribution in [0.25, 0.3) is 27.8 Å². The van der Waals surface area contributed by atoms with Crippen molar-refractivity contribution in [3.05, 3.63) is 137 Å². The quantitative estimate of drug-likeness (QED) is 0.236. The van der Waals surface area contributed by atoms with Gasteiger partial charge in [0, 0.05) is 38.2 Å². The summed E-state index contributed by atoms with van der Waals surface area (Å²) in [6, 6.07) is 39.4. The van der Waals surface area contributed by atoms with Crippen molar-refractivity contribution in [2.75, 3.05) is 31.1 Å². The van der Waals surface area contributed by atoms with Crippen LogP contribution in [-0.2, 0) is 6.42 Å². The molecule has 42 heavy (non-hydrogen) atoms. The largest absolute Gasteiger partial charge is 0.355 e. The zero-order valence-electron chi connectivity index (χ0n) is 23.7. The molecule has 6 aromatic rings. The Morgan fingerprint density at radius 2 is 1.38 bits per heavy atom. The molecule has 0 unspecified atom stereocenters. The summed E-state index contributed by atoms with van der Waals surface area (Å²) in [5.41, 5.74) is 12.4. The molecule has 1 aliphatic heterocycles. The normalized spacial score (nSPS) is 15.2. The van der Waals surface area contributed by atoms with Gasteiger partial charge in [0.25, 0.3) is 0 Å². The number of fused-ring (bicyclic) bond motifs is 6. The lowest BCUT2D eigenvalue weighted by Gasteiger charge is -2.40. The lowest BCUT2D eigenvalue weighted by atomic mass is 9.97. The Morgan fingerprint density at radius 3 is 2.07 bits per heavy atom. The smallest absolute Gasteiger partial charge is 0.157 e. The summed E-state index contributed by atoms with van der Waals surface area (Å²) in [6.07, 6.45) is 0.767. The molecule has 0 atom stereocenters. The molecule has 1 aliphatic carbocycles. The minimum absolute atomic E-state index is 0.278. The Hall–Kier alpha value is -4.92. The number of anilines is 1. The van der Waals surface area contributed by atoms with Gasteiger partial charge in [0.2, 0.25) is 0 Å². The second kappa shape index (κ2) is 9.87. The summed E-state index contributed by atoms with van der Waals surface area (Å²) in [4.78, 5) is 10.2. The van der Waals surface area contributed by atoms with Crippen molar-refractivity contribution in [2.24, 2.45) is 0 Å². The number of nitriles is 1. The molecule has 0 amide bonds. The molecule has 2 aromatic heterocycles. The van der Waals surface area contributed by atoms with E-state index in [1.54, 1.807) is 0 Å². The van der Waals surface area contributed by atoms with Crippen LogP contribution < -0.4 is 4.90 Å². The topological polar surface area (TPSA) is 47.6 Å². The van der Waals surface area contributed by atoms with E-state index in [9.17, 15) is 5.26 Å². The molecule has 0 spiro atoms. The van der Waals surface area contributed by atoms with Crippen LogP contribution in [0.4, 0.5) is 5.82 Å². The summed E-state index contributed by atoms with van der Waals surface area (Å²) < 4.78 is 2.26. The zero-order chi connectivity index (χ0) is 28.2. The third kappa shape index (κ3) is 3.76. The molecule has 1 fully saturated rings. The van der Waals surface area contributed by atoms with Gasteiger partial charge in [0.1, 0.15) is 11.9 Å². The molecule has 3 heterocycles. The number of hydrogen-bond acceptors (Lipinski definition) is 4. The summed E-state index contributed by atoms with van der Waals surface area (Å²) in [7, 11) is 0. The number of pyridine rings is 1. The summed E-state index contributed by atoms with van der Waals surface area (Å²) in [6.45, 7) is 5.80. The molecule has 1 saturated heterocycles. The van der Waals surface area contributed by atoms with E-state index in [0.29, 0.717) is 5.56 Å². The van der Waals surface area contributed by atoms with E-state index >= 15 is 0 Å². The van der Waals surface area contributed by atoms with Gasteiger partial charge in [0.05, 0.1) is 22.6 Å². The Bertz CT molecular complexity index is 1960. The van der Waals surface area contributed by atoms with Crippen molar-refractivity contribution in [1.29, 1.82) is 5.26 Å². The van der Waals surface area contributed by atoms with Gasteiger partial charge in [-0.2, -0.15) is 5.26 Å². The lowest BCUT2D eigenvalue weighted by Crippen LogP contribution is -2.48. The number of nitrogens with zero attached hydrogens (tertiary/aromatic N) is 5. The Labute approximate surface area is 245 Å². The molecule has 8 rings (SSSR count). The Balaban J connectivity index is 1.23. The first-order valence-electron chi connectivity index (χ1n) is 14.8. The molecule has 204 valence electrons. The molecule has 2 aliphatic rings. The molecule has 5 nitrogen and oxygen atoms in total. The van der Waals surface area contributed by atoms with Crippen molar-refractivity contribution in [2.45, 2.75) is 19.4 Å². The molecule has 0 N–H and O–H groups in total. The maximum absolute atomic E-state index is 10.3. The third-order valence-electron chi connectivity index (χ3n) is 9.21. The van der Waals surface area contributed by atoms with Gasteiger partial charge in [-0.05, 0) is 52.4 Å². The van der Waals surface area contributed by atoms with Crippen molar-refractivity contribution in [1.82, 2.24) is 14.3 Å². The van der Waals surface area contributed by atoms with E-state index < -0.39 is 0 Å². The van der Waals surface area contributed by atoms with E-state index in [0.717, 1.165) is 54.8 Å². The molecule has 5 heteroatoms. The fraction of sp³-hybridized carbons (Fsp3) is 0.189. The number of imidazole rings is 1. The van der Waals surface area contributed by atoms with Crippen LogP contribution in [0.3, 0.4) is 0 Å². The highest BCUT2D eigenvalue weighted by Gasteiger charge is 2.35. The summed E-state index contributed by atoms with van der Waals surface area (Å²) in [5, 5.41) is 10.3. The van der Waals surface area contributed by atoms with Crippen LogP contribution in [-0.4, -0.2) is 40.5 Å². The fourth-order valence-electron chi connectivity index (χ4n) is 7.22. The highest BCUT2D eigenvalue weighted by Crippen LogP contribution is 2.46. The van der Waals surface area contributed by atoms with E-state index in [1.807, 2.05) is 12.1 Å². The first-order chi connectivity index (χ1) is 20.7. The van der Waals surface area contributed by atoms with Crippen LogP contribution in [0.2, 0.25) is 0 Å². The predicted octanol–water partition coefficient (Wildman–Crippen LogP) is 7.15. The molecular weight excluding hydrogens is 514 g/mol. The maximum atomic E-state index is 10.3.